The number of piperazine rings is 1. The molecule has 0 unspecified atom stereocenters. The number of benzene rings is 3. The van der Waals surface area contributed by atoms with E-state index in [0.717, 1.165) is 44.1 Å². The molecule has 0 spiro atoms. The molecule has 3 aromatic rings. The Hall–Kier alpha value is -4.14. The number of ether oxygens (including phenoxy) is 1. The third-order valence-electron chi connectivity index (χ3n) is 7.38. The minimum Gasteiger partial charge on any atom is -0.699 e. The van der Waals surface area contributed by atoms with Gasteiger partial charge in [0, 0.05) is 49.9 Å². The number of carboxylic acid groups (broad SMARTS) is 1. The number of aromatic carboxylic acids is 1. The Morgan fingerprint density at radius 3 is 2.24 bits per heavy atom. The smallest absolute Gasteiger partial charge is 0.573 e. The molecule has 0 radical (unpaired) electrons. The molecular weight excluding hydrogens is 625 g/mol. The highest BCUT2D eigenvalue weighted by molar-refractivity contribution is 7.89. The van der Waals surface area contributed by atoms with E-state index in [0.29, 0.717) is 36.4 Å². The second-order valence-electron chi connectivity index (χ2n) is 11.1. The molecule has 3 N–H and O–H groups in total. The lowest BCUT2D eigenvalue weighted by Crippen LogP contribution is -2.48. The van der Waals surface area contributed by atoms with Crippen LogP contribution in [0.25, 0.3) is 16.9 Å². The molecule has 1 saturated carbocycles. The van der Waals surface area contributed by atoms with Crippen LogP contribution in [0, 0.1) is 5.92 Å². The summed E-state index contributed by atoms with van der Waals surface area (Å²) in [6.45, 7) is 5.33. The van der Waals surface area contributed by atoms with Gasteiger partial charge in [-0.2, -0.15) is 4.31 Å². The third-order valence-corrected chi connectivity index (χ3v) is 9.46. The maximum Gasteiger partial charge on any atom is 0.573 e. The Bertz CT molecular complexity index is 1620. The fourth-order valence-corrected chi connectivity index (χ4v) is 6.40. The maximum atomic E-state index is 12.7. The van der Waals surface area contributed by atoms with Crippen LogP contribution in [0.5, 0.6) is 5.75 Å². The highest BCUT2D eigenvalue weighted by Gasteiger charge is 2.33. The number of anilines is 1. The largest absolute Gasteiger partial charge is 0.699 e. The van der Waals surface area contributed by atoms with E-state index < -0.39 is 28.1 Å². The normalized spacial score (nSPS) is 15.8. The second-order valence-corrected chi connectivity index (χ2v) is 13.2. The first kappa shape index (κ1) is 34.7. The van der Waals surface area contributed by atoms with Gasteiger partial charge in [-0.25, -0.2) is 13.2 Å². The van der Waals surface area contributed by atoms with Crippen molar-refractivity contribution < 1.29 is 41.0 Å². The van der Waals surface area contributed by atoms with Crippen molar-refractivity contribution in [1.29, 1.82) is 0 Å². The number of carbonyl (C=O) groups is 2. The molecule has 1 saturated heterocycles. The van der Waals surface area contributed by atoms with Crippen LogP contribution in [0.4, 0.5) is 24.5 Å². The number of rotatable bonds is 10. The average molecular weight is 662 g/mol. The number of carbonyl (C=O) groups excluding carboxylic acids is 1. The Balaban J connectivity index is 0.000000216. The van der Waals surface area contributed by atoms with Crippen LogP contribution in [0.15, 0.2) is 66.7 Å². The highest BCUT2D eigenvalue weighted by atomic mass is 32.2. The molecular formula is C32H36F3N4O6S-. The summed E-state index contributed by atoms with van der Waals surface area (Å²) in [5.74, 6) is -1.58. The quantitative estimate of drug-likeness (QED) is 0.252. The number of nitrogens with zero attached hydrogens (tertiary/aromatic N) is 2. The number of sulfonamides is 1. The summed E-state index contributed by atoms with van der Waals surface area (Å²) in [6, 6.07) is 16.7. The minimum absolute atomic E-state index is 0.00484. The standard InChI is InChI=1S/C18H14F3NO4.C14H22N3O2S/c19-18(20,21)26-15-8-7-13(22-16(23)11-3-4-11)9-14(15)10-1-5-12(6-2-10)17(24)25;1-2-10-20(18,19)17-8-6-16(7-9-17)12-13-4-3-5-14(15)11-13/h1-2,5-9,11H,3-4H2,(H,22,23)(H,24,25);3-5,11,15H,2,6-10,12H2,1H3/q;-1. The summed E-state index contributed by atoms with van der Waals surface area (Å²) in [5.41, 5.74) is 10.0. The molecule has 248 valence electrons. The molecule has 1 aliphatic carbocycles. The number of hydrogen-bond acceptors (Lipinski definition) is 6. The van der Waals surface area contributed by atoms with Gasteiger partial charge in [0.25, 0.3) is 0 Å². The summed E-state index contributed by atoms with van der Waals surface area (Å²) in [5, 5.41) is 11.6. The van der Waals surface area contributed by atoms with Gasteiger partial charge >= 0.3 is 12.3 Å². The summed E-state index contributed by atoms with van der Waals surface area (Å²) in [7, 11) is -3.06. The molecule has 1 amide bonds. The zero-order chi connectivity index (χ0) is 33.5. The topological polar surface area (TPSA) is 140 Å². The first-order chi connectivity index (χ1) is 21.7. The Morgan fingerprint density at radius 2 is 1.67 bits per heavy atom. The van der Waals surface area contributed by atoms with E-state index >= 15 is 0 Å². The first-order valence-corrected chi connectivity index (χ1v) is 16.4. The van der Waals surface area contributed by atoms with E-state index in [9.17, 15) is 31.2 Å². The zero-order valence-corrected chi connectivity index (χ0v) is 26.0. The zero-order valence-electron chi connectivity index (χ0n) is 25.2. The molecule has 2 fully saturated rings. The van der Waals surface area contributed by atoms with E-state index in [-0.39, 0.29) is 28.7 Å². The van der Waals surface area contributed by atoms with Crippen LogP contribution >= 0.6 is 0 Å². The fraction of sp³-hybridized carbons (Fsp3) is 0.375. The van der Waals surface area contributed by atoms with E-state index in [4.69, 9.17) is 10.8 Å². The van der Waals surface area contributed by atoms with Crippen LogP contribution in [0.2, 0.25) is 0 Å². The van der Waals surface area contributed by atoms with Crippen molar-refractivity contribution in [3.63, 3.8) is 0 Å². The van der Waals surface area contributed by atoms with Crippen molar-refractivity contribution in [1.82, 2.24) is 9.21 Å². The van der Waals surface area contributed by atoms with Crippen LogP contribution in [0.3, 0.4) is 0 Å². The van der Waals surface area contributed by atoms with Gasteiger partial charge in [0.15, 0.2) is 0 Å². The van der Waals surface area contributed by atoms with Crippen LogP contribution in [0.1, 0.15) is 42.1 Å². The van der Waals surface area contributed by atoms with Gasteiger partial charge in [-0.05, 0) is 60.7 Å². The lowest BCUT2D eigenvalue weighted by molar-refractivity contribution is -0.274. The molecule has 3 aromatic carbocycles. The molecule has 0 aromatic heterocycles. The van der Waals surface area contributed by atoms with Gasteiger partial charge in [0.1, 0.15) is 5.75 Å². The predicted molar refractivity (Wildman–Crippen MR) is 168 cm³/mol. The monoisotopic (exact) mass is 661 g/mol. The number of halogens is 3. The molecule has 5 rings (SSSR count). The van der Waals surface area contributed by atoms with Crippen molar-refractivity contribution in [2.75, 3.05) is 37.2 Å². The van der Waals surface area contributed by atoms with Gasteiger partial charge in [-0.3, -0.25) is 9.69 Å². The Morgan fingerprint density at radius 1 is 1.00 bits per heavy atom. The SMILES string of the molecule is CCCS(=O)(=O)N1CCN(Cc2cccc([NH-])c2)CC1.O=C(O)c1ccc(-c2cc(NC(=O)C3CC3)ccc2OC(F)(F)F)cc1. The van der Waals surface area contributed by atoms with Gasteiger partial charge in [0.2, 0.25) is 15.9 Å². The number of hydrogen-bond donors (Lipinski definition) is 2. The lowest BCUT2D eigenvalue weighted by atomic mass is 10.0. The summed E-state index contributed by atoms with van der Waals surface area (Å²) < 4.78 is 67.6. The van der Waals surface area contributed by atoms with Crippen LogP contribution < -0.4 is 10.1 Å². The first-order valence-electron chi connectivity index (χ1n) is 14.8. The van der Waals surface area contributed by atoms with Gasteiger partial charge in [0.05, 0.1) is 11.3 Å². The number of alkyl halides is 3. The van der Waals surface area contributed by atoms with E-state index in [1.54, 1.807) is 10.4 Å². The number of nitrogens with one attached hydrogen (secondary N) is 2. The molecule has 1 heterocycles. The Kier molecular flexibility index (Phi) is 11.3. The molecule has 0 atom stereocenters. The minimum atomic E-state index is -4.88. The molecule has 0 bridgehead atoms. The van der Waals surface area contributed by atoms with Crippen molar-refractivity contribution in [2.45, 2.75) is 39.1 Å². The van der Waals surface area contributed by atoms with Gasteiger partial charge in [-0.15, -0.1) is 18.9 Å². The maximum absolute atomic E-state index is 12.7. The van der Waals surface area contributed by atoms with E-state index in [2.05, 4.69) is 15.0 Å². The van der Waals surface area contributed by atoms with E-state index in [1.165, 1.54) is 36.4 Å². The third kappa shape index (κ3) is 10.2. The molecule has 46 heavy (non-hydrogen) atoms. The summed E-state index contributed by atoms with van der Waals surface area (Å²) in [6.07, 6.45) is -2.62. The van der Waals surface area contributed by atoms with Gasteiger partial charge in [-0.1, -0.05) is 43.3 Å². The number of carboxylic acids is 1. The van der Waals surface area contributed by atoms with Gasteiger partial charge < -0.3 is 20.9 Å². The van der Waals surface area contributed by atoms with Crippen molar-refractivity contribution >= 4 is 33.3 Å². The van der Waals surface area contributed by atoms with E-state index in [1.807, 2.05) is 25.1 Å². The van der Waals surface area contributed by atoms with Crippen molar-refractivity contribution in [3.8, 4) is 16.9 Å². The second kappa shape index (κ2) is 15.0. The molecule has 14 heteroatoms. The molecule has 1 aliphatic heterocycles. The fourth-order valence-electron chi connectivity index (χ4n) is 4.91. The summed E-state index contributed by atoms with van der Waals surface area (Å²) in [4.78, 5) is 25.0. The summed E-state index contributed by atoms with van der Waals surface area (Å²) >= 11 is 0. The van der Waals surface area contributed by atoms with Crippen molar-refractivity contribution in [2.24, 2.45) is 5.92 Å². The Labute approximate surface area is 266 Å². The molecule has 2 aliphatic rings. The van der Waals surface area contributed by atoms with Crippen molar-refractivity contribution in [3.05, 3.63) is 83.6 Å². The predicted octanol–water partition coefficient (Wildman–Crippen LogP) is 6.53. The average Bonchev–Trinajstić information content (AvgIpc) is 3.84. The highest BCUT2D eigenvalue weighted by Crippen LogP contribution is 2.37. The van der Waals surface area contributed by atoms with Crippen LogP contribution in [-0.2, 0) is 21.4 Å². The van der Waals surface area contributed by atoms with Crippen LogP contribution in [-0.4, -0.2) is 72.9 Å². The lowest BCUT2D eigenvalue weighted by Gasteiger charge is -2.34. The number of amides is 1. The molecule has 10 nitrogen and oxygen atoms in total.